The van der Waals surface area contributed by atoms with Crippen molar-refractivity contribution in [2.24, 2.45) is 5.41 Å². The predicted octanol–water partition coefficient (Wildman–Crippen LogP) is -0.745. The van der Waals surface area contributed by atoms with Crippen LogP contribution in [0, 0.1) is 5.41 Å². The minimum atomic E-state index is -1.16. The van der Waals surface area contributed by atoms with Gasteiger partial charge in [-0.1, -0.05) is 26.0 Å². The van der Waals surface area contributed by atoms with Crippen LogP contribution in [-0.4, -0.2) is 51.0 Å². The van der Waals surface area contributed by atoms with Crippen molar-refractivity contribution < 1.29 is 19.5 Å². The van der Waals surface area contributed by atoms with Gasteiger partial charge in [0.1, 0.15) is 0 Å². The molecule has 2 amide bonds. The summed E-state index contributed by atoms with van der Waals surface area (Å²) in [5.74, 6) is -1.69. The summed E-state index contributed by atoms with van der Waals surface area (Å²) in [6, 6.07) is 0. The maximum atomic E-state index is 11.6. The number of aromatic nitrogens is 3. The van der Waals surface area contributed by atoms with Crippen molar-refractivity contribution in [3.8, 4) is 0 Å². The van der Waals surface area contributed by atoms with Gasteiger partial charge in [0.05, 0.1) is 19.3 Å². The fraction of sp³-hybridized carbons (Fsp3) is 0.583. The smallest absolute Gasteiger partial charge is 0.358 e. The molecule has 1 aromatic rings. The molecule has 3 N–H and O–H groups in total. The van der Waals surface area contributed by atoms with Crippen molar-refractivity contribution in [3.05, 3.63) is 11.9 Å². The third-order valence-corrected chi connectivity index (χ3v) is 2.51. The van der Waals surface area contributed by atoms with E-state index in [1.807, 2.05) is 0 Å². The predicted molar refractivity (Wildman–Crippen MR) is 72.5 cm³/mol. The lowest BCUT2D eigenvalue weighted by Crippen LogP contribution is -2.42. The number of carboxylic acid groups (broad SMARTS) is 1. The fourth-order valence-electron chi connectivity index (χ4n) is 1.30. The molecule has 0 bridgehead atoms. The molecule has 0 fully saturated rings. The second-order valence-electron chi connectivity index (χ2n) is 5.45. The van der Waals surface area contributed by atoms with Crippen molar-refractivity contribution in [2.75, 3.05) is 13.1 Å². The van der Waals surface area contributed by atoms with Crippen molar-refractivity contribution >= 4 is 17.8 Å². The van der Waals surface area contributed by atoms with E-state index in [0.717, 1.165) is 0 Å². The van der Waals surface area contributed by atoms with Crippen LogP contribution < -0.4 is 10.6 Å². The van der Waals surface area contributed by atoms with Gasteiger partial charge in [-0.3, -0.25) is 9.59 Å². The van der Waals surface area contributed by atoms with Gasteiger partial charge in [0, 0.05) is 12.0 Å². The largest absolute Gasteiger partial charge is 0.476 e. The summed E-state index contributed by atoms with van der Waals surface area (Å²) in [5, 5.41) is 20.8. The lowest BCUT2D eigenvalue weighted by Gasteiger charge is -2.17. The van der Waals surface area contributed by atoms with Gasteiger partial charge in [0.25, 0.3) is 0 Å². The van der Waals surface area contributed by atoms with Crippen LogP contribution in [0.4, 0.5) is 0 Å². The molecule has 0 unspecified atom stereocenters. The van der Waals surface area contributed by atoms with Crippen LogP contribution in [0.15, 0.2) is 6.20 Å². The molecule has 0 saturated carbocycles. The molecule has 116 valence electrons. The molecule has 0 aliphatic rings. The second-order valence-corrected chi connectivity index (χ2v) is 5.45. The van der Waals surface area contributed by atoms with Gasteiger partial charge >= 0.3 is 5.97 Å². The maximum Gasteiger partial charge on any atom is 0.358 e. The Bertz CT molecular complexity index is 532. The Hall–Kier alpha value is -2.45. The SMILES string of the molecule is CC(C)(C)C(=O)NCC(=O)NCCn1cc(C(=O)O)nn1. The zero-order valence-electron chi connectivity index (χ0n) is 12.2. The number of carbonyl (C=O) groups is 3. The number of carboxylic acids is 1. The highest BCUT2D eigenvalue weighted by Gasteiger charge is 2.21. The first-order valence-electron chi connectivity index (χ1n) is 6.38. The monoisotopic (exact) mass is 297 g/mol. The summed E-state index contributed by atoms with van der Waals surface area (Å²) >= 11 is 0. The summed E-state index contributed by atoms with van der Waals surface area (Å²) < 4.78 is 1.32. The Morgan fingerprint density at radius 1 is 1.29 bits per heavy atom. The number of hydrogen-bond donors (Lipinski definition) is 3. The Kier molecular flexibility index (Phi) is 5.39. The molecule has 0 saturated heterocycles. The van der Waals surface area contributed by atoms with Crippen molar-refractivity contribution in [1.29, 1.82) is 0 Å². The van der Waals surface area contributed by atoms with Crippen LogP contribution in [0.25, 0.3) is 0 Å². The first-order valence-corrected chi connectivity index (χ1v) is 6.38. The average molecular weight is 297 g/mol. The number of aromatic carboxylic acids is 1. The molecule has 0 radical (unpaired) electrons. The van der Waals surface area contributed by atoms with Crippen LogP contribution in [-0.2, 0) is 16.1 Å². The molecule has 0 atom stereocenters. The van der Waals surface area contributed by atoms with E-state index in [-0.39, 0.29) is 30.6 Å². The second kappa shape index (κ2) is 6.82. The fourth-order valence-corrected chi connectivity index (χ4v) is 1.30. The molecule has 0 spiro atoms. The number of hydrogen-bond acceptors (Lipinski definition) is 5. The number of amides is 2. The van der Waals surface area contributed by atoms with Crippen molar-refractivity contribution in [2.45, 2.75) is 27.3 Å². The number of nitrogens with one attached hydrogen (secondary N) is 2. The molecule has 0 aliphatic heterocycles. The summed E-state index contributed by atoms with van der Waals surface area (Å²) in [5.41, 5.74) is -0.701. The lowest BCUT2D eigenvalue weighted by atomic mass is 9.96. The zero-order valence-corrected chi connectivity index (χ0v) is 12.2. The van der Waals surface area contributed by atoms with Crippen LogP contribution in [0.2, 0.25) is 0 Å². The van der Waals surface area contributed by atoms with E-state index in [1.165, 1.54) is 10.9 Å². The highest BCUT2D eigenvalue weighted by Crippen LogP contribution is 2.11. The summed E-state index contributed by atoms with van der Waals surface area (Å²) in [7, 11) is 0. The van der Waals surface area contributed by atoms with Crippen LogP contribution in [0.3, 0.4) is 0 Å². The summed E-state index contributed by atoms with van der Waals surface area (Å²) in [6.07, 6.45) is 1.27. The Morgan fingerprint density at radius 3 is 2.48 bits per heavy atom. The van der Waals surface area contributed by atoms with Crippen LogP contribution in [0.5, 0.6) is 0 Å². The third kappa shape index (κ3) is 5.59. The minimum Gasteiger partial charge on any atom is -0.476 e. The van der Waals surface area contributed by atoms with E-state index < -0.39 is 11.4 Å². The van der Waals surface area contributed by atoms with Gasteiger partial charge in [0.15, 0.2) is 5.69 Å². The molecule has 0 aliphatic carbocycles. The lowest BCUT2D eigenvalue weighted by molar-refractivity contribution is -0.131. The molecule has 0 aromatic carbocycles. The minimum absolute atomic E-state index is 0.103. The normalized spacial score (nSPS) is 11.0. The quantitative estimate of drug-likeness (QED) is 0.634. The van der Waals surface area contributed by atoms with Gasteiger partial charge in [-0.05, 0) is 0 Å². The Morgan fingerprint density at radius 2 is 1.95 bits per heavy atom. The zero-order chi connectivity index (χ0) is 16.0. The Labute approximate surface area is 121 Å². The standard InChI is InChI=1S/C12H19N5O4/c1-12(2,3)11(21)14-6-9(18)13-4-5-17-7-8(10(19)20)15-16-17/h7H,4-6H2,1-3H3,(H,13,18)(H,14,21)(H,19,20). The first-order chi connectivity index (χ1) is 9.70. The molecule has 9 heteroatoms. The highest BCUT2D eigenvalue weighted by atomic mass is 16.4. The van der Waals surface area contributed by atoms with Gasteiger partial charge in [-0.15, -0.1) is 5.10 Å². The highest BCUT2D eigenvalue weighted by molar-refractivity contribution is 5.87. The van der Waals surface area contributed by atoms with Gasteiger partial charge in [-0.2, -0.15) is 0 Å². The van der Waals surface area contributed by atoms with E-state index in [9.17, 15) is 14.4 Å². The van der Waals surface area contributed by atoms with E-state index in [2.05, 4.69) is 20.9 Å². The summed E-state index contributed by atoms with van der Waals surface area (Å²) in [6.45, 7) is 5.71. The Balaban J connectivity index is 2.27. The van der Waals surface area contributed by atoms with E-state index in [0.29, 0.717) is 6.54 Å². The van der Waals surface area contributed by atoms with E-state index >= 15 is 0 Å². The molecule has 21 heavy (non-hydrogen) atoms. The third-order valence-electron chi connectivity index (χ3n) is 2.51. The van der Waals surface area contributed by atoms with E-state index in [4.69, 9.17) is 5.11 Å². The van der Waals surface area contributed by atoms with Crippen LogP contribution >= 0.6 is 0 Å². The van der Waals surface area contributed by atoms with Crippen molar-refractivity contribution in [3.63, 3.8) is 0 Å². The number of nitrogens with zero attached hydrogens (tertiary/aromatic N) is 3. The number of rotatable bonds is 6. The van der Waals surface area contributed by atoms with Crippen LogP contribution in [0.1, 0.15) is 31.3 Å². The molecule has 1 heterocycles. The molecule has 9 nitrogen and oxygen atoms in total. The van der Waals surface area contributed by atoms with E-state index in [1.54, 1.807) is 20.8 Å². The van der Waals surface area contributed by atoms with Gasteiger partial charge < -0.3 is 15.7 Å². The average Bonchev–Trinajstić information content (AvgIpc) is 2.83. The van der Waals surface area contributed by atoms with Gasteiger partial charge in [0.2, 0.25) is 11.8 Å². The molecular weight excluding hydrogens is 278 g/mol. The topological polar surface area (TPSA) is 126 Å². The molecule has 1 rings (SSSR count). The molecule has 1 aromatic heterocycles. The summed E-state index contributed by atoms with van der Waals surface area (Å²) in [4.78, 5) is 33.7. The maximum absolute atomic E-state index is 11.6. The number of carbonyl (C=O) groups excluding carboxylic acids is 2. The molecular formula is C12H19N5O4. The van der Waals surface area contributed by atoms with Gasteiger partial charge in [-0.25, -0.2) is 9.48 Å². The first kappa shape index (κ1) is 16.6. The van der Waals surface area contributed by atoms with Crippen molar-refractivity contribution in [1.82, 2.24) is 25.6 Å².